The Hall–Kier alpha value is -0.850. The summed E-state index contributed by atoms with van der Waals surface area (Å²) in [6, 6.07) is 0. The predicted molar refractivity (Wildman–Crippen MR) is 52.0 cm³/mol. The summed E-state index contributed by atoms with van der Waals surface area (Å²) >= 11 is 1.68. The summed E-state index contributed by atoms with van der Waals surface area (Å²) in [5.74, 6) is 2.59. The molecule has 0 spiro atoms. The van der Waals surface area contributed by atoms with Crippen LogP contribution < -0.4 is 5.32 Å². The number of nitrogens with zero attached hydrogens (tertiary/aromatic N) is 1. The van der Waals surface area contributed by atoms with Crippen LogP contribution in [0.3, 0.4) is 0 Å². The third-order valence-corrected chi connectivity index (χ3v) is 2.51. The second kappa shape index (κ2) is 4.91. The van der Waals surface area contributed by atoms with Crippen LogP contribution in [-0.4, -0.2) is 11.5 Å². The Balaban J connectivity index is 2.25. The van der Waals surface area contributed by atoms with Gasteiger partial charge in [0.2, 0.25) is 0 Å². The van der Waals surface area contributed by atoms with Gasteiger partial charge in [-0.25, -0.2) is 4.98 Å². The van der Waals surface area contributed by atoms with Crippen LogP contribution in [0.2, 0.25) is 0 Å². The largest absolute Gasteiger partial charge is 0.311 e. The van der Waals surface area contributed by atoms with Gasteiger partial charge in [0.25, 0.3) is 0 Å². The molecule has 0 saturated carbocycles. The van der Waals surface area contributed by atoms with E-state index in [1.54, 1.807) is 11.3 Å². The minimum absolute atomic E-state index is 0.790. The number of thiazole rings is 1. The van der Waals surface area contributed by atoms with Gasteiger partial charge in [0.1, 0.15) is 0 Å². The van der Waals surface area contributed by atoms with E-state index >= 15 is 0 Å². The number of terminal acetylenes is 1. The summed E-state index contributed by atoms with van der Waals surface area (Å²) in [7, 11) is 0. The maximum Gasteiger partial charge on any atom is 0.0798 e. The van der Waals surface area contributed by atoms with Crippen LogP contribution in [0.4, 0.5) is 0 Å². The molecule has 1 N–H and O–H groups in total. The Morgan fingerprint density at radius 2 is 2.58 bits per heavy atom. The van der Waals surface area contributed by atoms with Crippen LogP contribution >= 0.6 is 11.3 Å². The highest BCUT2D eigenvalue weighted by Crippen LogP contribution is 2.10. The number of aryl methyl sites for hydroxylation is 1. The molecule has 2 nitrogen and oxygen atoms in total. The molecule has 0 unspecified atom stereocenters. The Labute approximate surface area is 77.0 Å². The van der Waals surface area contributed by atoms with E-state index in [9.17, 15) is 0 Å². The lowest BCUT2D eigenvalue weighted by Crippen LogP contribution is -2.13. The molecule has 1 rings (SSSR count). The number of aromatic nitrogens is 1. The lowest BCUT2D eigenvalue weighted by Gasteiger charge is -1.99. The van der Waals surface area contributed by atoms with Crippen molar-refractivity contribution >= 4 is 11.3 Å². The topological polar surface area (TPSA) is 24.9 Å². The van der Waals surface area contributed by atoms with Crippen molar-refractivity contribution in [3.8, 4) is 12.3 Å². The second-order valence-corrected chi connectivity index (χ2v) is 3.43. The Morgan fingerprint density at radius 1 is 1.75 bits per heavy atom. The van der Waals surface area contributed by atoms with E-state index in [0.29, 0.717) is 0 Å². The van der Waals surface area contributed by atoms with Crippen LogP contribution in [-0.2, 0) is 6.54 Å². The molecule has 0 amide bonds. The molecule has 64 valence electrons. The molecule has 0 radical (unpaired) electrons. The average Bonchev–Trinajstić information content (AvgIpc) is 2.46. The van der Waals surface area contributed by atoms with Crippen LogP contribution in [0, 0.1) is 19.3 Å². The van der Waals surface area contributed by atoms with E-state index in [-0.39, 0.29) is 0 Å². The van der Waals surface area contributed by atoms with Crippen molar-refractivity contribution in [1.29, 1.82) is 0 Å². The normalized spacial score (nSPS) is 9.67. The highest BCUT2D eigenvalue weighted by Gasteiger charge is 1.98. The minimum Gasteiger partial charge on any atom is -0.311 e. The summed E-state index contributed by atoms with van der Waals surface area (Å²) in [5.41, 5.74) is 2.99. The molecule has 0 bridgehead atoms. The molecule has 0 aromatic carbocycles. The van der Waals surface area contributed by atoms with E-state index in [0.717, 1.165) is 25.2 Å². The maximum atomic E-state index is 5.12. The molecular weight excluding hydrogens is 168 g/mol. The Kier molecular flexibility index (Phi) is 3.78. The van der Waals surface area contributed by atoms with Gasteiger partial charge in [0.05, 0.1) is 11.2 Å². The minimum atomic E-state index is 0.790. The highest BCUT2D eigenvalue weighted by atomic mass is 32.1. The highest BCUT2D eigenvalue weighted by molar-refractivity contribution is 7.09. The van der Waals surface area contributed by atoms with E-state index in [1.165, 1.54) is 4.88 Å². The van der Waals surface area contributed by atoms with Crippen molar-refractivity contribution < 1.29 is 0 Å². The molecule has 1 heterocycles. The fourth-order valence-corrected chi connectivity index (χ4v) is 1.61. The van der Waals surface area contributed by atoms with Crippen molar-refractivity contribution in [3.63, 3.8) is 0 Å². The van der Waals surface area contributed by atoms with Gasteiger partial charge in [-0.2, -0.15) is 0 Å². The number of nitrogens with one attached hydrogen (secondary N) is 1. The molecule has 1 aromatic heterocycles. The summed E-state index contributed by atoms with van der Waals surface area (Å²) in [5, 5.41) is 3.26. The van der Waals surface area contributed by atoms with E-state index in [1.807, 2.05) is 12.4 Å². The molecule has 0 fully saturated rings. The zero-order chi connectivity index (χ0) is 8.81. The number of hydrogen-bond donors (Lipinski definition) is 1. The van der Waals surface area contributed by atoms with Crippen molar-refractivity contribution in [1.82, 2.24) is 10.3 Å². The molecule has 0 aliphatic rings. The third-order valence-electron chi connectivity index (χ3n) is 1.58. The van der Waals surface area contributed by atoms with Crippen LogP contribution in [0.15, 0.2) is 5.51 Å². The maximum absolute atomic E-state index is 5.12. The third kappa shape index (κ3) is 2.65. The fourth-order valence-electron chi connectivity index (χ4n) is 0.858. The van der Waals surface area contributed by atoms with Gasteiger partial charge in [-0.15, -0.1) is 23.7 Å². The molecule has 0 aliphatic heterocycles. The fraction of sp³-hybridized carbons (Fsp3) is 0.444. The van der Waals surface area contributed by atoms with Crippen LogP contribution in [0.5, 0.6) is 0 Å². The molecule has 0 aliphatic carbocycles. The van der Waals surface area contributed by atoms with Gasteiger partial charge in [0, 0.05) is 24.4 Å². The summed E-state index contributed by atoms with van der Waals surface area (Å²) < 4.78 is 0. The molecule has 0 atom stereocenters. The zero-order valence-corrected chi connectivity index (χ0v) is 7.95. The van der Waals surface area contributed by atoms with E-state index < -0.39 is 0 Å². The van der Waals surface area contributed by atoms with Gasteiger partial charge >= 0.3 is 0 Å². The molecular formula is C9H12N2S. The van der Waals surface area contributed by atoms with E-state index in [2.05, 4.69) is 16.2 Å². The monoisotopic (exact) mass is 180 g/mol. The molecule has 0 saturated heterocycles. The van der Waals surface area contributed by atoms with Gasteiger partial charge in [-0.05, 0) is 6.92 Å². The van der Waals surface area contributed by atoms with Gasteiger partial charge in [0.15, 0.2) is 0 Å². The summed E-state index contributed by atoms with van der Waals surface area (Å²) in [6.07, 6.45) is 5.91. The standard InChI is InChI=1S/C9H12N2S/c1-3-4-5-10-6-9-8(2)11-7-12-9/h1,7,10H,4-6H2,2H3. The van der Waals surface area contributed by atoms with Crippen LogP contribution in [0.1, 0.15) is 17.0 Å². The SMILES string of the molecule is C#CCCNCc1scnc1C. The van der Waals surface area contributed by atoms with Gasteiger partial charge < -0.3 is 5.32 Å². The van der Waals surface area contributed by atoms with Crippen LogP contribution in [0.25, 0.3) is 0 Å². The van der Waals surface area contributed by atoms with Crippen molar-refractivity contribution in [2.24, 2.45) is 0 Å². The Bertz CT molecular complexity index is 272. The zero-order valence-electron chi connectivity index (χ0n) is 7.13. The summed E-state index contributed by atoms with van der Waals surface area (Å²) in [6.45, 7) is 3.79. The predicted octanol–water partition coefficient (Wildman–Crippen LogP) is 1.56. The molecule has 1 aromatic rings. The lowest BCUT2D eigenvalue weighted by atomic mass is 10.4. The Morgan fingerprint density at radius 3 is 3.17 bits per heavy atom. The van der Waals surface area contributed by atoms with Crippen molar-refractivity contribution in [2.75, 3.05) is 6.54 Å². The number of rotatable bonds is 4. The lowest BCUT2D eigenvalue weighted by molar-refractivity contribution is 0.705. The van der Waals surface area contributed by atoms with Crippen molar-refractivity contribution in [2.45, 2.75) is 19.9 Å². The van der Waals surface area contributed by atoms with Gasteiger partial charge in [-0.1, -0.05) is 0 Å². The molecule has 3 heteroatoms. The second-order valence-electron chi connectivity index (χ2n) is 2.49. The first-order chi connectivity index (χ1) is 5.84. The first-order valence-electron chi connectivity index (χ1n) is 3.87. The number of hydrogen-bond acceptors (Lipinski definition) is 3. The van der Waals surface area contributed by atoms with Crippen molar-refractivity contribution in [3.05, 3.63) is 16.1 Å². The van der Waals surface area contributed by atoms with Gasteiger partial charge in [-0.3, -0.25) is 0 Å². The average molecular weight is 180 g/mol. The van der Waals surface area contributed by atoms with E-state index in [4.69, 9.17) is 6.42 Å². The first-order valence-corrected chi connectivity index (χ1v) is 4.75. The smallest absolute Gasteiger partial charge is 0.0798 e. The molecule has 12 heavy (non-hydrogen) atoms. The quantitative estimate of drug-likeness (QED) is 0.562. The first kappa shape index (κ1) is 9.24. The summed E-state index contributed by atoms with van der Waals surface area (Å²) in [4.78, 5) is 5.45.